The Morgan fingerprint density at radius 2 is 2.11 bits per heavy atom. The number of nitrogens with one attached hydrogen (secondary N) is 3. The highest BCUT2D eigenvalue weighted by Crippen LogP contribution is 2.26. The van der Waals surface area contributed by atoms with Crippen molar-refractivity contribution in [3.8, 4) is 0 Å². The van der Waals surface area contributed by atoms with Gasteiger partial charge in [-0.25, -0.2) is 8.42 Å². The molecule has 0 spiro atoms. The molecule has 0 aliphatic carbocycles. The molecule has 0 unspecified atom stereocenters. The average molecular weight is 300 g/mol. The van der Waals surface area contributed by atoms with Crippen molar-refractivity contribution in [3.63, 3.8) is 0 Å². The summed E-state index contributed by atoms with van der Waals surface area (Å²) in [4.78, 5) is 3.06. The predicted octanol–water partition coefficient (Wildman–Crippen LogP) is 2.65. The molecule has 1 heterocycles. The summed E-state index contributed by atoms with van der Waals surface area (Å²) in [6, 6.07) is 8.77. The normalized spacial score (nSPS) is 11.3. The van der Waals surface area contributed by atoms with E-state index in [2.05, 4.69) is 15.0 Å². The predicted molar refractivity (Wildman–Crippen MR) is 78.0 cm³/mol. The van der Waals surface area contributed by atoms with Crippen LogP contribution in [0.3, 0.4) is 0 Å². The maximum Gasteiger partial charge on any atom is 0.229 e. The van der Waals surface area contributed by atoms with Gasteiger partial charge in [0.15, 0.2) is 0 Å². The Labute approximate surface area is 117 Å². The summed E-state index contributed by atoms with van der Waals surface area (Å²) < 4.78 is 24.8. The van der Waals surface area contributed by atoms with Crippen molar-refractivity contribution in [2.75, 3.05) is 16.3 Å². The fourth-order valence-corrected chi connectivity index (χ4v) is 2.35. The number of sulfonamides is 1. The van der Waals surface area contributed by atoms with Crippen LogP contribution < -0.4 is 10.0 Å². The molecule has 7 heteroatoms. The summed E-state index contributed by atoms with van der Waals surface area (Å²) in [5.41, 5.74) is 2.16. The van der Waals surface area contributed by atoms with Crippen LogP contribution in [-0.2, 0) is 16.6 Å². The average Bonchev–Trinajstić information content (AvgIpc) is 2.81. The van der Waals surface area contributed by atoms with Crippen LogP contribution in [0.2, 0.25) is 5.02 Å². The molecule has 19 heavy (non-hydrogen) atoms. The molecule has 0 aliphatic rings. The van der Waals surface area contributed by atoms with Crippen LogP contribution in [0.1, 0.15) is 5.69 Å². The van der Waals surface area contributed by atoms with Crippen LogP contribution >= 0.6 is 11.6 Å². The van der Waals surface area contributed by atoms with Gasteiger partial charge in [0, 0.05) is 11.9 Å². The molecule has 5 nitrogen and oxygen atoms in total. The third kappa shape index (κ3) is 4.18. The van der Waals surface area contributed by atoms with Crippen molar-refractivity contribution in [1.29, 1.82) is 0 Å². The van der Waals surface area contributed by atoms with E-state index >= 15 is 0 Å². The molecule has 0 radical (unpaired) electrons. The van der Waals surface area contributed by atoms with Gasteiger partial charge < -0.3 is 10.3 Å². The van der Waals surface area contributed by atoms with Crippen LogP contribution in [0.5, 0.6) is 0 Å². The zero-order chi connectivity index (χ0) is 13.9. The Morgan fingerprint density at radius 3 is 2.74 bits per heavy atom. The second-order valence-electron chi connectivity index (χ2n) is 4.12. The topological polar surface area (TPSA) is 74.0 Å². The Hall–Kier alpha value is -1.66. The molecule has 1 aromatic heterocycles. The van der Waals surface area contributed by atoms with E-state index in [1.807, 2.05) is 18.3 Å². The Bertz CT molecular complexity index is 654. The fraction of sp³-hybridized carbons (Fsp3) is 0.167. The smallest absolute Gasteiger partial charge is 0.229 e. The first-order chi connectivity index (χ1) is 8.94. The van der Waals surface area contributed by atoms with Crippen molar-refractivity contribution in [3.05, 3.63) is 47.2 Å². The largest absolute Gasteiger partial charge is 0.378 e. The van der Waals surface area contributed by atoms with E-state index in [4.69, 9.17) is 11.6 Å². The number of hydrogen-bond donors (Lipinski definition) is 3. The van der Waals surface area contributed by atoms with E-state index in [1.54, 1.807) is 18.2 Å². The van der Waals surface area contributed by atoms with Gasteiger partial charge in [-0.1, -0.05) is 11.6 Å². The lowest BCUT2D eigenvalue weighted by Gasteiger charge is -2.10. The fourth-order valence-electron chi connectivity index (χ4n) is 1.61. The van der Waals surface area contributed by atoms with E-state index < -0.39 is 10.0 Å². The second-order valence-corrected chi connectivity index (χ2v) is 6.27. The second kappa shape index (κ2) is 5.54. The van der Waals surface area contributed by atoms with Gasteiger partial charge >= 0.3 is 0 Å². The van der Waals surface area contributed by atoms with E-state index in [1.165, 1.54) is 0 Å². The quantitative estimate of drug-likeness (QED) is 0.794. The first kappa shape index (κ1) is 13.8. The molecule has 0 atom stereocenters. The van der Waals surface area contributed by atoms with Crippen molar-refractivity contribution < 1.29 is 8.42 Å². The zero-order valence-electron chi connectivity index (χ0n) is 10.3. The van der Waals surface area contributed by atoms with Gasteiger partial charge in [0.25, 0.3) is 0 Å². The molecule has 3 N–H and O–H groups in total. The highest BCUT2D eigenvalue weighted by molar-refractivity contribution is 7.92. The lowest BCUT2D eigenvalue weighted by molar-refractivity contribution is 0.607. The van der Waals surface area contributed by atoms with Crippen molar-refractivity contribution in [2.24, 2.45) is 0 Å². The van der Waals surface area contributed by atoms with Gasteiger partial charge in [0.05, 0.1) is 29.2 Å². The molecule has 1 aromatic carbocycles. The van der Waals surface area contributed by atoms with E-state index in [0.29, 0.717) is 22.9 Å². The summed E-state index contributed by atoms with van der Waals surface area (Å²) >= 11 is 6.06. The van der Waals surface area contributed by atoms with Crippen LogP contribution in [0, 0.1) is 0 Å². The molecule has 0 saturated carbocycles. The van der Waals surface area contributed by atoms with Crippen molar-refractivity contribution >= 4 is 33.0 Å². The van der Waals surface area contributed by atoms with Crippen LogP contribution in [0.15, 0.2) is 36.5 Å². The minimum absolute atomic E-state index is 0.473. The summed E-state index contributed by atoms with van der Waals surface area (Å²) in [5, 5.41) is 3.68. The highest BCUT2D eigenvalue weighted by atomic mass is 35.5. The summed E-state index contributed by atoms with van der Waals surface area (Å²) in [6.45, 7) is 0.578. The number of benzene rings is 1. The first-order valence-corrected chi connectivity index (χ1v) is 7.84. The lowest BCUT2D eigenvalue weighted by atomic mass is 10.2. The number of rotatable bonds is 5. The number of aromatic nitrogens is 1. The number of hydrogen-bond acceptors (Lipinski definition) is 3. The van der Waals surface area contributed by atoms with Crippen LogP contribution in [0.4, 0.5) is 11.4 Å². The lowest BCUT2D eigenvalue weighted by Crippen LogP contribution is -2.10. The Kier molecular flexibility index (Phi) is 4.01. The standard InChI is InChI=1S/C12H14ClN3O2S/c1-19(17,18)16-9-4-5-11(13)12(7-9)15-8-10-3-2-6-14-10/h2-7,14-16H,8H2,1H3. The van der Waals surface area contributed by atoms with E-state index in [0.717, 1.165) is 11.9 Å². The number of anilines is 2. The van der Waals surface area contributed by atoms with Crippen molar-refractivity contribution in [1.82, 2.24) is 4.98 Å². The molecule has 2 rings (SSSR count). The SMILES string of the molecule is CS(=O)(=O)Nc1ccc(Cl)c(NCc2ccc[nH]2)c1. The van der Waals surface area contributed by atoms with Gasteiger partial charge in [-0.2, -0.15) is 0 Å². The van der Waals surface area contributed by atoms with E-state index in [9.17, 15) is 8.42 Å². The summed E-state index contributed by atoms with van der Waals surface area (Å²) in [5.74, 6) is 0. The van der Waals surface area contributed by atoms with Gasteiger partial charge in [0.2, 0.25) is 10.0 Å². The number of aromatic amines is 1. The van der Waals surface area contributed by atoms with Gasteiger partial charge in [0.1, 0.15) is 0 Å². The minimum atomic E-state index is -3.29. The highest BCUT2D eigenvalue weighted by Gasteiger charge is 2.06. The number of H-pyrrole nitrogens is 1. The third-order valence-electron chi connectivity index (χ3n) is 2.40. The molecule has 0 fully saturated rings. The van der Waals surface area contributed by atoms with Crippen LogP contribution in [-0.4, -0.2) is 19.7 Å². The van der Waals surface area contributed by atoms with Crippen LogP contribution in [0.25, 0.3) is 0 Å². The molecular weight excluding hydrogens is 286 g/mol. The van der Waals surface area contributed by atoms with Crippen molar-refractivity contribution in [2.45, 2.75) is 6.54 Å². The zero-order valence-corrected chi connectivity index (χ0v) is 11.8. The molecule has 102 valence electrons. The molecule has 0 bridgehead atoms. The van der Waals surface area contributed by atoms with Gasteiger partial charge in [-0.3, -0.25) is 4.72 Å². The Morgan fingerprint density at radius 1 is 1.32 bits per heavy atom. The summed E-state index contributed by atoms with van der Waals surface area (Å²) in [6.07, 6.45) is 2.94. The minimum Gasteiger partial charge on any atom is -0.378 e. The van der Waals surface area contributed by atoms with Gasteiger partial charge in [-0.15, -0.1) is 0 Å². The van der Waals surface area contributed by atoms with E-state index in [-0.39, 0.29) is 0 Å². The molecule has 0 aliphatic heterocycles. The maximum atomic E-state index is 11.2. The number of halogens is 1. The molecule has 0 saturated heterocycles. The maximum absolute atomic E-state index is 11.2. The first-order valence-electron chi connectivity index (χ1n) is 5.57. The monoisotopic (exact) mass is 299 g/mol. The summed E-state index contributed by atoms with van der Waals surface area (Å²) in [7, 11) is -3.29. The third-order valence-corrected chi connectivity index (χ3v) is 3.34. The molecular formula is C12H14ClN3O2S. The molecule has 0 amide bonds. The Balaban J connectivity index is 2.13. The molecule has 2 aromatic rings. The van der Waals surface area contributed by atoms with Gasteiger partial charge in [-0.05, 0) is 30.3 Å².